The number of quaternary nitrogens is 1. The molecule has 1 aromatic carbocycles. The van der Waals surface area contributed by atoms with Crippen LogP contribution in [0.5, 0.6) is 0 Å². The maximum atomic E-state index is 12.5. The van der Waals surface area contributed by atoms with Gasteiger partial charge in [-0.25, -0.2) is 8.78 Å². The molecule has 1 aromatic rings. The molecule has 0 bridgehead atoms. The summed E-state index contributed by atoms with van der Waals surface area (Å²) >= 11 is 0. The van der Waals surface area contributed by atoms with Crippen molar-refractivity contribution in [3.63, 3.8) is 0 Å². The first-order chi connectivity index (χ1) is 4.74. The Morgan fingerprint density at radius 3 is 2.50 bits per heavy atom. The largest absolute Gasteiger partial charge is 0.443 e. The van der Waals surface area contributed by atoms with Gasteiger partial charge >= 0.3 is 0 Å². The predicted octanol–water partition coefficient (Wildman–Crippen LogP) is 0.951. The summed E-state index contributed by atoms with van der Waals surface area (Å²) in [7, 11) is 3.36. The Hall–Kier alpha value is -0.960. The number of halogens is 2. The minimum Gasteiger partial charge on any atom is -0.443 e. The van der Waals surface area contributed by atoms with Gasteiger partial charge in [-0.2, -0.15) is 0 Å². The molecule has 10 heavy (non-hydrogen) atoms. The van der Waals surface area contributed by atoms with Gasteiger partial charge in [0.25, 0.3) is 0 Å². The molecule has 0 aliphatic heterocycles. The molecule has 0 saturated heterocycles. The summed E-state index contributed by atoms with van der Waals surface area (Å²) in [6, 6.07) is 3.37. The molecule has 0 atom stereocenters. The molecular weight excluding hydrogens is 136 g/mol. The normalized spacial score (nSPS) is 9.90. The molecule has 0 saturated carbocycles. The fraction of sp³-hybridized carbons (Fsp3) is 0. The number of benzene rings is 1. The van der Waals surface area contributed by atoms with Crippen LogP contribution >= 0.6 is 0 Å². The van der Waals surface area contributed by atoms with Crippen LogP contribution < -0.4 is 5.32 Å². The summed E-state index contributed by atoms with van der Waals surface area (Å²) < 4.78 is 24.7. The van der Waals surface area contributed by atoms with Crippen LogP contribution in [0.25, 0.3) is 0 Å². The molecule has 0 spiro atoms. The third kappa shape index (κ3) is 1.30. The lowest BCUT2D eigenvalue weighted by Crippen LogP contribution is -2.70. The molecule has 0 radical (unpaired) electrons. The van der Waals surface area contributed by atoms with Crippen LogP contribution in [0.1, 0.15) is 0 Å². The lowest BCUT2D eigenvalue weighted by molar-refractivity contribution is -0.507. The summed E-state index contributed by atoms with van der Waals surface area (Å²) in [5.74, 6) is -1.14. The fourth-order valence-electron chi connectivity index (χ4n) is 0.667. The second kappa shape index (κ2) is 2.75. The molecule has 0 aromatic heterocycles. The van der Waals surface area contributed by atoms with E-state index in [1.165, 1.54) is 17.4 Å². The van der Waals surface area contributed by atoms with E-state index in [0.29, 0.717) is 5.69 Å². The van der Waals surface area contributed by atoms with Gasteiger partial charge in [-0.1, -0.05) is 0 Å². The van der Waals surface area contributed by atoms with Crippen molar-refractivity contribution in [3.8, 4) is 0 Å². The highest BCUT2D eigenvalue weighted by atomic mass is 19.1. The van der Waals surface area contributed by atoms with Crippen LogP contribution in [0.4, 0.5) is 14.5 Å². The molecule has 0 amide bonds. The van der Waals surface area contributed by atoms with E-state index in [9.17, 15) is 8.78 Å². The van der Waals surface area contributed by atoms with Crippen LogP contribution in [0.15, 0.2) is 18.2 Å². The van der Waals surface area contributed by atoms with Crippen LogP contribution in [0, 0.1) is 18.7 Å². The zero-order valence-corrected chi connectivity index (χ0v) is 5.27. The predicted molar refractivity (Wildman–Crippen MR) is 33.3 cm³/mol. The minimum absolute atomic E-state index is 0.321. The van der Waals surface area contributed by atoms with Crippen LogP contribution in [0.3, 0.4) is 0 Å². The van der Waals surface area contributed by atoms with E-state index in [1.54, 1.807) is 0 Å². The average Bonchev–Trinajstić information content (AvgIpc) is 1.88. The van der Waals surface area contributed by atoms with E-state index >= 15 is 0 Å². The molecule has 2 N–H and O–H groups in total. The van der Waals surface area contributed by atoms with Crippen LogP contribution in [-0.4, -0.2) is 0 Å². The molecule has 0 heterocycles. The van der Waals surface area contributed by atoms with Crippen molar-refractivity contribution >= 4 is 5.69 Å². The fourth-order valence-corrected chi connectivity index (χ4v) is 0.667. The monoisotopic (exact) mass is 143 g/mol. The summed E-state index contributed by atoms with van der Waals surface area (Å²) in [5, 5.41) is 1.34. The third-order valence-electron chi connectivity index (χ3n) is 1.18. The van der Waals surface area contributed by atoms with E-state index in [1.807, 2.05) is 0 Å². The topological polar surface area (TPSA) is 16.6 Å². The highest BCUT2D eigenvalue weighted by Gasteiger charge is 2.01. The molecule has 0 aliphatic carbocycles. The summed E-state index contributed by atoms with van der Waals surface area (Å²) in [5.41, 5.74) is 0.321. The van der Waals surface area contributed by atoms with Gasteiger partial charge in [-0.3, -0.25) is 0 Å². The zero-order valence-electron chi connectivity index (χ0n) is 5.27. The smallest absolute Gasteiger partial charge is 0.184 e. The molecule has 54 valence electrons. The lowest BCUT2D eigenvalue weighted by atomic mass is 10.3. The van der Waals surface area contributed by atoms with Gasteiger partial charge < -0.3 is 5.32 Å². The van der Waals surface area contributed by atoms with E-state index in [-0.39, 0.29) is 0 Å². The quantitative estimate of drug-likeness (QED) is 0.445. The molecule has 3 heteroatoms. The Kier molecular flexibility index (Phi) is 1.97. The number of hydrogen-bond acceptors (Lipinski definition) is 0. The highest BCUT2D eigenvalue weighted by molar-refractivity contribution is 5.30. The Balaban J connectivity index is 3.07. The number of rotatable bonds is 1. The summed E-state index contributed by atoms with van der Waals surface area (Å²) in [4.78, 5) is 0. The van der Waals surface area contributed by atoms with Crippen LogP contribution in [-0.2, 0) is 0 Å². The van der Waals surface area contributed by atoms with Gasteiger partial charge in [-0.05, 0) is 6.07 Å². The van der Waals surface area contributed by atoms with E-state index in [2.05, 4.69) is 7.05 Å². The van der Waals surface area contributed by atoms with Gasteiger partial charge in [0.2, 0.25) is 0 Å². The Bertz CT molecular complexity index is 235. The van der Waals surface area contributed by atoms with E-state index in [4.69, 9.17) is 0 Å². The van der Waals surface area contributed by atoms with E-state index in [0.717, 1.165) is 6.07 Å². The SMILES string of the molecule is [CH2-][NH2+]c1ccc(F)cc1F. The van der Waals surface area contributed by atoms with Gasteiger partial charge in [0.1, 0.15) is 11.5 Å². The van der Waals surface area contributed by atoms with Crippen molar-refractivity contribution in [2.45, 2.75) is 0 Å². The second-order valence-electron chi connectivity index (χ2n) is 1.87. The Labute approximate surface area is 57.7 Å². The maximum Gasteiger partial charge on any atom is 0.184 e. The van der Waals surface area contributed by atoms with Crippen molar-refractivity contribution in [3.05, 3.63) is 36.9 Å². The summed E-state index contributed by atoms with van der Waals surface area (Å²) in [6.07, 6.45) is 0. The number of hydrogen-bond donors (Lipinski definition) is 1. The maximum absolute atomic E-state index is 12.5. The van der Waals surface area contributed by atoms with Gasteiger partial charge in [-0.15, -0.1) is 7.05 Å². The van der Waals surface area contributed by atoms with Gasteiger partial charge in [0, 0.05) is 12.1 Å². The number of nitrogens with two attached hydrogens (primary N) is 1. The first kappa shape index (κ1) is 7.15. The van der Waals surface area contributed by atoms with Crippen molar-refractivity contribution in [1.82, 2.24) is 0 Å². The lowest BCUT2D eigenvalue weighted by Gasteiger charge is -1.99. The molecule has 1 rings (SSSR count). The van der Waals surface area contributed by atoms with Crippen molar-refractivity contribution in [2.24, 2.45) is 0 Å². The minimum atomic E-state index is -0.574. The average molecular weight is 143 g/mol. The standard InChI is InChI=1S/C7H7F2N/c1-10-7-3-2-5(8)4-6(7)9/h2-4H,1,10H2. The van der Waals surface area contributed by atoms with Crippen LogP contribution in [0.2, 0.25) is 0 Å². The summed E-state index contributed by atoms with van der Waals surface area (Å²) in [6.45, 7) is 0. The molecule has 0 aliphatic rings. The molecular formula is C7H7F2N. The van der Waals surface area contributed by atoms with Gasteiger partial charge in [0.15, 0.2) is 5.82 Å². The van der Waals surface area contributed by atoms with Crippen molar-refractivity contribution in [2.75, 3.05) is 0 Å². The second-order valence-corrected chi connectivity index (χ2v) is 1.87. The third-order valence-corrected chi connectivity index (χ3v) is 1.18. The van der Waals surface area contributed by atoms with Crippen molar-refractivity contribution < 1.29 is 14.1 Å². The highest BCUT2D eigenvalue weighted by Crippen LogP contribution is 2.08. The Morgan fingerprint density at radius 2 is 2.00 bits per heavy atom. The first-order valence-electron chi connectivity index (χ1n) is 2.81. The zero-order chi connectivity index (χ0) is 7.56. The molecule has 0 fully saturated rings. The van der Waals surface area contributed by atoms with E-state index < -0.39 is 11.6 Å². The molecule has 1 nitrogen and oxygen atoms in total. The van der Waals surface area contributed by atoms with Gasteiger partial charge in [0.05, 0.1) is 0 Å². The molecule has 0 unspecified atom stereocenters. The Morgan fingerprint density at radius 1 is 1.30 bits per heavy atom. The first-order valence-corrected chi connectivity index (χ1v) is 2.81. The van der Waals surface area contributed by atoms with Crippen molar-refractivity contribution in [1.29, 1.82) is 0 Å².